The summed E-state index contributed by atoms with van der Waals surface area (Å²) in [6.07, 6.45) is 6.00. The van der Waals surface area contributed by atoms with Gasteiger partial charge in [0.15, 0.2) is 0 Å². The smallest absolute Gasteiger partial charge is 0.123 e. The van der Waals surface area contributed by atoms with Crippen molar-refractivity contribution in [2.75, 3.05) is 32.7 Å². The quantitative estimate of drug-likeness (QED) is 0.846. The molecular formula is C19H24FN3. The highest BCUT2D eigenvalue weighted by atomic mass is 19.1. The molecule has 0 spiro atoms. The van der Waals surface area contributed by atoms with Crippen LogP contribution in [0.15, 0.2) is 48.8 Å². The van der Waals surface area contributed by atoms with Crippen LogP contribution in [0.4, 0.5) is 4.39 Å². The average molecular weight is 313 g/mol. The summed E-state index contributed by atoms with van der Waals surface area (Å²) in [5.74, 6) is -0.160. The van der Waals surface area contributed by atoms with E-state index in [4.69, 9.17) is 0 Å². The maximum absolute atomic E-state index is 13.0. The van der Waals surface area contributed by atoms with Crippen molar-refractivity contribution in [3.05, 3.63) is 65.7 Å². The molecule has 1 aliphatic rings. The molecule has 1 aromatic carbocycles. The Bertz CT molecular complexity index is 585. The van der Waals surface area contributed by atoms with Gasteiger partial charge in [0.2, 0.25) is 0 Å². The number of aromatic nitrogens is 1. The Balaban J connectivity index is 1.46. The Morgan fingerprint density at radius 3 is 2.30 bits per heavy atom. The lowest BCUT2D eigenvalue weighted by atomic mass is 10.2. The number of nitrogens with zero attached hydrogens (tertiary/aromatic N) is 3. The fourth-order valence-corrected chi connectivity index (χ4v) is 3.09. The van der Waals surface area contributed by atoms with E-state index < -0.39 is 0 Å². The Labute approximate surface area is 137 Å². The highest BCUT2D eigenvalue weighted by Gasteiger charge is 2.14. The van der Waals surface area contributed by atoms with E-state index in [2.05, 4.69) is 26.9 Å². The van der Waals surface area contributed by atoms with Crippen molar-refractivity contribution in [2.24, 2.45) is 0 Å². The first-order valence-electron chi connectivity index (χ1n) is 8.38. The minimum Gasteiger partial charge on any atom is -0.302 e. The van der Waals surface area contributed by atoms with Gasteiger partial charge in [-0.25, -0.2) is 4.39 Å². The zero-order valence-corrected chi connectivity index (χ0v) is 13.5. The fourth-order valence-electron chi connectivity index (χ4n) is 3.09. The molecule has 1 aromatic heterocycles. The summed E-state index contributed by atoms with van der Waals surface area (Å²) in [7, 11) is 0. The number of benzene rings is 1. The molecule has 0 aliphatic carbocycles. The number of halogens is 1. The van der Waals surface area contributed by atoms with E-state index >= 15 is 0 Å². The van der Waals surface area contributed by atoms with Crippen LogP contribution >= 0.6 is 0 Å². The van der Waals surface area contributed by atoms with E-state index in [1.54, 1.807) is 12.1 Å². The first-order chi connectivity index (χ1) is 11.3. The number of rotatable bonds is 5. The van der Waals surface area contributed by atoms with E-state index in [0.717, 1.165) is 45.7 Å². The zero-order valence-electron chi connectivity index (χ0n) is 13.5. The molecule has 1 aliphatic heterocycles. The third kappa shape index (κ3) is 5.12. The standard InChI is InChI=1S/C19H24FN3/c20-19-4-2-18(3-5-19)16-23-12-1-11-22(14-15-23)13-8-17-6-9-21-10-7-17/h2-7,9-10H,1,8,11-16H2. The van der Waals surface area contributed by atoms with Crippen LogP contribution in [0.25, 0.3) is 0 Å². The van der Waals surface area contributed by atoms with Gasteiger partial charge in [-0.3, -0.25) is 9.88 Å². The van der Waals surface area contributed by atoms with Gasteiger partial charge in [-0.15, -0.1) is 0 Å². The van der Waals surface area contributed by atoms with Gasteiger partial charge in [0.05, 0.1) is 0 Å². The van der Waals surface area contributed by atoms with E-state index in [0.29, 0.717) is 0 Å². The van der Waals surface area contributed by atoms with Gasteiger partial charge in [0.1, 0.15) is 5.82 Å². The molecule has 1 fully saturated rings. The summed E-state index contributed by atoms with van der Waals surface area (Å²) in [5.41, 5.74) is 2.55. The van der Waals surface area contributed by atoms with Crippen LogP contribution in [0.3, 0.4) is 0 Å². The lowest BCUT2D eigenvalue weighted by molar-refractivity contribution is 0.253. The van der Waals surface area contributed by atoms with Gasteiger partial charge in [0.25, 0.3) is 0 Å². The van der Waals surface area contributed by atoms with Crippen molar-refractivity contribution < 1.29 is 4.39 Å². The Morgan fingerprint density at radius 1 is 0.826 bits per heavy atom. The first-order valence-corrected chi connectivity index (χ1v) is 8.38. The molecule has 0 N–H and O–H groups in total. The predicted molar refractivity (Wildman–Crippen MR) is 90.7 cm³/mol. The van der Waals surface area contributed by atoms with E-state index in [1.807, 2.05) is 24.5 Å². The van der Waals surface area contributed by atoms with Crippen LogP contribution in [0.2, 0.25) is 0 Å². The normalized spacial score (nSPS) is 17.1. The molecule has 0 radical (unpaired) electrons. The van der Waals surface area contributed by atoms with Crippen LogP contribution in [0.1, 0.15) is 17.5 Å². The van der Waals surface area contributed by atoms with E-state index in [1.165, 1.54) is 17.5 Å². The van der Waals surface area contributed by atoms with Crippen molar-refractivity contribution in [1.29, 1.82) is 0 Å². The van der Waals surface area contributed by atoms with Crippen molar-refractivity contribution in [3.63, 3.8) is 0 Å². The predicted octanol–water partition coefficient (Wildman–Crippen LogP) is 2.97. The molecule has 122 valence electrons. The average Bonchev–Trinajstić information content (AvgIpc) is 2.81. The van der Waals surface area contributed by atoms with Gasteiger partial charge in [-0.05, 0) is 61.3 Å². The second kappa shape index (κ2) is 8.18. The van der Waals surface area contributed by atoms with Crippen molar-refractivity contribution in [2.45, 2.75) is 19.4 Å². The summed E-state index contributed by atoms with van der Waals surface area (Å²) in [5, 5.41) is 0. The molecule has 23 heavy (non-hydrogen) atoms. The molecular weight excluding hydrogens is 289 g/mol. The third-order valence-electron chi connectivity index (χ3n) is 4.47. The minimum absolute atomic E-state index is 0.160. The van der Waals surface area contributed by atoms with Crippen LogP contribution in [0, 0.1) is 5.82 Å². The zero-order chi connectivity index (χ0) is 15.9. The lowest BCUT2D eigenvalue weighted by Gasteiger charge is -2.22. The summed E-state index contributed by atoms with van der Waals surface area (Å²) in [6.45, 7) is 6.47. The summed E-state index contributed by atoms with van der Waals surface area (Å²) in [6, 6.07) is 11.1. The second-order valence-electron chi connectivity index (χ2n) is 6.20. The Kier molecular flexibility index (Phi) is 5.72. The summed E-state index contributed by atoms with van der Waals surface area (Å²) < 4.78 is 13.0. The number of hydrogen-bond acceptors (Lipinski definition) is 3. The van der Waals surface area contributed by atoms with Gasteiger partial charge in [-0.1, -0.05) is 12.1 Å². The second-order valence-corrected chi connectivity index (χ2v) is 6.20. The molecule has 0 amide bonds. The van der Waals surface area contributed by atoms with Gasteiger partial charge >= 0.3 is 0 Å². The largest absolute Gasteiger partial charge is 0.302 e. The number of pyridine rings is 1. The molecule has 2 heterocycles. The first kappa shape index (κ1) is 16.1. The maximum atomic E-state index is 13.0. The van der Waals surface area contributed by atoms with Crippen LogP contribution in [-0.2, 0) is 13.0 Å². The Hall–Kier alpha value is -1.78. The molecule has 0 saturated carbocycles. The highest BCUT2D eigenvalue weighted by molar-refractivity contribution is 5.16. The molecule has 4 heteroatoms. The summed E-state index contributed by atoms with van der Waals surface area (Å²) in [4.78, 5) is 9.09. The molecule has 0 atom stereocenters. The molecule has 0 bridgehead atoms. The molecule has 2 aromatic rings. The summed E-state index contributed by atoms with van der Waals surface area (Å²) >= 11 is 0. The molecule has 1 saturated heterocycles. The van der Waals surface area contributed by atoms with Crippen LogP contribution in [-0.4, -0.2) is 47.5 Å². The highest BCUT2D eigenvalue weighted by Crippen LogP contribution is 2.10. The molecule has 3 rings (SSSR count). The maximum Gasteiger partial charge on any atom is 0.123 e. The molecule has 0 unspecified atom stereocenters. The van der Waals surface area contributed by atoms with Crippen LogP contribution in [0.5, 0.6) is 0 Å². The van der Waals surface area contributed by atoms with E-state index in [-0.39, 0.29) is 5.82 Å². The van der Waals surface area contributed by atoms with Crippen molar-refractivity contribution in [3.8, 4) is 0 Å². The Morgan fingerprint density at radius 2 is 1.52 bits per heavy atom. The minimum atomic E-state index is -0.160. The fraction of sp³-hybridized carbons (Fsp3) is 0.421. The van der Waals surface area contributed by atoms with E-state index in [9.17, 15) is 4.39 Å². The SMILES string of the molecule is Fc1ccc(CN2CCCN(CCc3ccncc3)CC2)cc1. The van der Waals surface area contributed by atoms with Crippen molar-refractivity contribution in [1.82, 2.24) is 14.8 Å². The lowest BCUT2D eigenvalue weighted by Crippen LogP contribution is -2.31. The monoisotopic (exact) mass is 313 g/mol. The van der Waals surface area contributed by atoms with Crippen molar-refractivity contribution >= 4 is 0 Å². The van der Waals surface area contributed by atoms with Gasteiger partial charge in [-0.2, -0.15) is 0 Å². The van der Waals surface area contributed by atoms with Gasteiger partial charge < -0.3 is 4.90 Å². The van der Waals surface area contributed by atoms with Crippen LogP contribution < -0.4 is 0 Å². The topological polar surface area (TPSA) is 19.4 Å². The number of hydrogen-bond donors (Lipinski definition) is 0. The van der Waals surface area contributed by atoms with Gasteiger partial charge in [0, 0.05) is 38.6 Å². The third-order valence-corrected chi connectivity index (χ3v) is 4.47. The molecule has 3 nitrogen and oxygen atoms in total.